The highest BCUT2D eigenvalue weighted by molar-refractivity contribution is 5.94. The number of nitrogens with one attached hydrogen (secondary N) is 5. The molecule has 0 aliphatic carbocycles. The predicted molar refractivity (Wildman–Crippen MR) is 296 cm³/mol. The van der Waals surface area contributed by atoms with Crippen LogP contribution in [0.3, 0.4) is 0 Å². The van der Waals surface area contributed by atoms with Crippen molar-refractivity contribution >= 4 is 29.5 Å². The molecule has 17 N–H and O–H groups in total. The number of rotatable bonds is 27. The highest BCUT2D eigenvalue weighted by Crippen LogP contribution is 2.36. The van der Waals surface area contributed by atoms with E-state index >= 15 is 0 Å². The number of aliphatic hydroxyl groups is 12. The third-order valence-corrected chi connectivity index (χ3v) is 15.3. The standard InChI is InChI=1S/C56H87N5O27/c1-6-7-8-9-10-11-12-13-14-18-79-30-17-15-16-29(19-30)51(77)61-37-42(72)41(71)31(20-62)81-53(37)86-48-33(22-64)83-55(39(44(48)74)59-27(4)69)88-50-35(24-66)84-56(40(46(50)76)60-28(5)70)87-49-34(23-65)82-54(38(45(49)75)58-26(3)68)85-47-32(21-63)80-52(78)36(43(47)73)57-25(2)67/h15-17,19,31-50,52-56,62-66,71-76,78H,6-10,13-14,18,20-24H2,1-5H3,(H,57,67)(H,58,68)(H,59,69)(H,60,70)(H,61,77)/t31?,32?,33-,34-,35?,36-,37-,38?,39?,40-,41+,42+,43+,44?,45?,46+,47?,48+,49+,50?,52+,53?,54?,55?,56-/m0/s1. The number of aliphatic hydroxyl groups excluding tert-OH is 12. The average molecular weight is 1260 g/mol. The fourth-order valence-electron chi connectivity index (χ4n) is 11.0. The molecule has 0 aromatic heterocycles. The minimum absolute atomic E-state index is 0.0436. The van der Waals surface area contributed by atoms with Crippen LogP contribution in [0.4, 0.5) is 0 Å². The summed E-state index contributed by atoms with van der Waals surface area (Å²) in [6, 6.07) is -2.26. The molecule has 1 aromatic carbocycles. The number of ether oxygens (including phenoxy) is 10. The monoisotopic (exact) mass is 1260 g/mol. The minimum Gasteiger partial charge on any atom is -0.494 e. The van der Waals surface area contributed by atoms with Crippen LogP contribution in [0.15, 0.2) is 24.3 Å². The zero-order chi connectivity index (χ0) is 64.5. The van der Waals surface area contributed by atoms with Crippen molar-refractivity contribution in [3.8, 4) is 17.6 Å². The maximum absolute atomic E-state index is 13.9. The predicted octanol–water partition coefficient (Wildman–Crippen LogP) is -6.78. The molecule has 0 spiro atoms. The summed E-state index contributed by atoms with van der Waals surface area (Å²) in [6.45, 7) is 1.92. The lowest BCUT2D eigenvalue weighted by Gasteiger charge is -2.51. The highest BCUT2D eigenvalue weighted by Gasteiger charge is 2.58. The molecule has 5 aliphatic rings. The molecule has 5 amide bonds. The Hall–Kier alpha value is -4.91. The highest BCUT2D eigenvalue weighted by atomic mass is 16.8. The van der Waals surface area contributed by atoms with E-state index < -0.39 is 216 Å². The first-order valence-electron chi connectivity index (χ1n) is 29.3. The lowest BCUT2D eigenvalue weighted by molar-refractivity contribution is -0.367. The first-order valence-corrected chi connectivity index (χ1v) is 29.3. The fourth-order valence-corrected chi connectivity index (χ4v) is 11.0. The van der Waals surface area contributed by atoms with Gasteiger partial charge in [-0.15, -0.1) is 11.8 Å². The van der Waals surface area contributed by atoms with E-state index in [1.165, 1.54) is 18.6 Å². The quantitative estimate of drug-likeness (QED) is 0.0288. The first kappa shape index (κ1) is 72.2. The van der Waals surface area contributed by atoms with E-state index in [9.17, 15) is 85.3 Å². The van der Waals surface area contributed by atoms with Gasteiger partial charge in [-0.1, -0.05) is 32.3 Å². The number of hydrogen-bond donors (Lipinski definition) is 17. The van der Waals surface area contributed by atoms with E-state index in [-0.39, 0.29) is 5.56 Å². The summed E-state index contributed by atoms with van der Waals surface area (Å²) in [6.07, 6.45) is -29.4. The lowest BCUT2D eigenvalue weighted by atomic mass is 9.93. The summed E-state index contributed by atoms with van der Waals surface area (Å²) in [7, 11) is 0. The van der Waals surface area contributed by atoms with Gasteiger partial charge in [-0.25, -0.2) is 0 Å². The van der Waals surface area contributed by atoms with E-state index in [4.69, 9.17) is 47.4 Å². The third-order valence-electron chi connectivity index (χ3n) is 15.3. The molecular weight excluding hydrogens is 1170 g/mol. The summed E-state index contributed by atoms with van der Waals surface area (Å²) in [5.74, 6) is 2.72. The van der Waals surface area contributed by atoms with Crippen molar-refractivity contribution in [3.63, 3.8) is 0 Å². The summed E-state index contributed by atoms with van der Waals surface area (Å²) < 4.78 is 59.8. The molecule has 0 bridgehead atoms. The Morgan fingerprint density at radius 2 is 0.830 bits per heavy atom. The second kappa shape index (κ2) is 34.5. The third kappa shape index (κ3) is 18.6. The van der Waals surface area contributed by atoms with Crippen LogP contribution in [-0.2, 0) is 61.8 Å². The number of hydrogen-bond acceptors (Lipinski definition) is 27. The maximum atomic E-state index is 13.9. The van der Waals surface area contributed by atoms with Gasteiger partial charge >= 0.3 is 0 Å². The van der Waals surface area contributed by atoms with Crippen molar-refractivity contribution in [2.75, 3.05) is 39.6 Å². The van der Waals surface area contributed by atoms with Crippen LogP contribution in [0.5, 0.6) is 5.75 Å². The van der Waals surface area contributed by atoms with Crippen LogP contribution < -0.4 is 31.3 Å². The van der Waals surface area contributed by atoms with Gasteiger partial charge in [-0.05, 0) is 31.0 Å². The molecular formula is C56H87N5O27. The number of unbranched alkanes of at least 4 members (excludes halogenated alkanes) is 5. The minimum atomic E-state index is -2.03. The normalized spacial score (nSPS) is 37.5. The van der Waals surface area contributed by atoms with Gasteiger partial charge in [-0.3, -0.25) is 24.0 Å². The molecule has 0 radical (unpaired) electrons. The Bertz CT molecular complexity index is 2460. The molecule has 88 heavy (non-hydrogen) atoms. The first-order chi connectivity index (χ1) is 42.0. The van der Waals surface area contributed by atoms with Crippen LogP contribution in [0, 0.1) is 11.8 Å². The average Bonchev–Trinajstić information content (AvgIpc) is 1.44. The smallest absolute Gasteiger partial charge is 0.251 e. The molecule has 5 saturated heterocycles. The van der Waals surface area contributed by atoms with Gasteiger partial charge in [0.05, 0.1) is 39.6 Å². The molecule has 1 aromatic rings. The number of amides is 5. The van der Waals surface area contributed by atoms with Gasteiger partial charge in [0, 0.05) is 46.1 Å². The molecule has 5 fully saturated rings. The molecule has 5 aliphatic heterocycles. The summed E-state index contributed by atoms with van der Waals surface area (Å²) in [4.78, 5) is 64.1. The largest absolute Gasteiger partial charge is 0.494 e. The molecule has 0 saturated carbocycles. The fraction of sp³-hybridized carbons (Fsp3) is 0.768. The SMILES string of the molecule is CCCCCCC#CCCCOc1cccc(C(=O)N[C@@H]2C(O[C@H]3C(O)C(NC(C)=O)C(OC4C(CO)O[C@@H](O[C@H]5C(O)C(NC(C)=O)C(OC6C(CO)O[C@@H](O)[C@@H](NC(C)=O)[C@H]6O)O[C@H]5CO)[C@@H](NC(C)=O)[C@H]4O)O[C@H]3CO)OC(CO)[C@@H](O)[C@@H]2O)c1. The van der Waals surface area contributed by atoms with Crippen molar-refractivity contribution < 1.29 is 133 Å². The topological polar surface area (TPSA) is 481 Å². The van der Waals surface area contributed by atoms with Crippen molar-refractivity contribution in [3.05, 3.63) is 29.8 Å². The molecule has 25 atom stereocenters. The molecule has 5 heterocycles. The Kier molecular flexibility index (Phi) is 28.3. The van der Waals surface area contributed by atoms with Gasteiger partial charge in [0.15, 0.2) is 31.5 Å². The van der Waals surface area contributed by atoms with Crippen molar-refractivity contribution in [2.45, 2.75) is 233 Å². The molecule has 498 valence electrons. The van der Waals surface area contributed by atoms with Crippen molar-refractivity contribution in [1.29, 1.82) is 0 Å². The number of carbonyl (C=O) groups excluding carboxylic acids is 5. The second-order valence-corrected chi connectivity index (χ2v) is 22.0. The Labute approximate surface area is 507 Å². The molecule has 32 nitrogen and oxygen atoms in total. The van der Waals surface area contributed by atoms with Crippen LogP contribution >= 0.6 is 0 Å². The summed E-state index contributed by atoms with van der Waals surface area (Å²) >= 11 is 0. The maximum Gasteiger partial charge on any atom is 0.251 e. The number of benzene rings is 1. The second-order valence-electron chi connectivity index (χ2n) is 22.0. The van der Waals surface area contributed by atoms with E-state index in [2.05, 4.69) is 45.3 Å². The van der Waals surface area contributed by atoms with E-state index in [1.807, 2.05) is 0 Å². The van der Waals surface area contributed by atoms with Gasteiger partial charge in [0.25, 0.3) is 5.91 Å². The Morgan fingerprint density at radius 1 is 0.455 bits per heavy atom. The van der Waals surface area contributed by atoms with Gasteiger partial charge in [0.2, 0.25) is 23.6 Å². The number of carbonyl (C=O) groups is 5. The Morgan fingerprint density at radius 3 is 1.24 bits per heavy atom. The van der Waals surface area contributed by atoms with Crippen molar-refractivity contribution in [1.82, 2.24) is 26.6 Å². The lowest BCUT2D eigenvalue weighted by Crippen LogP contribution is -2.72. The molecule has 6 rings (SSSR count). The molecule has 32 heteroatoms. The van der Waals surface area contributed by atoms with Crippen molar-refractivity contribution in [2.24, 2.45) is 0 Å². The van der Waals surface area contributed by atoms with Gasteiger partial charge in [-0.2, -0.15) is 0 Å². The van der Waals surface area contributed by atoms with Crippen LogP contribution in [0.1, 0.15) is 89.9 Å². The van der Waals surface area contributed by atoms with Crippen LogP contribution in [-0.4, -0.2) is 284 Å². The zero-order valence-corrected chi connectivity index (χ0v) is 49.4. The van der Waals surface area contributed by atoms with Crippen LogP contribution in [0.2, 0.25) is 0 Å². The van der Waals surface area contributed by atoms with Crippen LogP contribution in [0.25, 0.3) is 0 Å². The zero-order valence-electron chi connectivity index (χ0n) is 49.4. The summed E-state index contributed by atoms with van der Waals surface area (Å²) in [5.41, 5.74) is 0.0436. The van der Waals surface area contributed by atoms with E-state index in [1.54, 1.807) is 12.1 Å². The van der Waals surface area contributed by atoms with Gasteiger partial charge in [0.1, 0.15) is 128 Å². The molecule has 12 unspecified atom stereocenters. The van der Waals surface area contributed by atoms with E-state index in [0.29, 0.717) is 25.2 Å². The van der Waals surface area contributed by atoms with Gasteiger partial charge < -0.3 is 135 Å². The van der Waals surface area contributed by atoms with E-state index in [0.717, 1.165) is 53.4 Å². The summed E-state index contributed by atoms with van der Waals surface area (Å²) in [5, 5.41) is 145. The Balaban J connectivity index is 1.18.